The second-order valence-electron chi connectivity index (χ2n) is 5.83. The Labute approximate surface area is 102 Å². The number of hydrogen-bond donors (Lipinski definition) is 0. The maximum atomic E-state index is 14.4. The summed E-state index contributed by atoms with van der Waals surface area (Å²) in [5.74, 6) is -2.70. The fraction of sp³-hybridized carbons (Fsp3) is 0.917. The van der Waals surface area contributed by atoms with Gasteiger partial charge in [0, 0.05) is 12.8 Å². The molecule has 4 rings (SSSR count). The van der Waals surface area contributed by atoms with Gasteiger partial charge in [-0.25, -0.2) is 17.6 Å². The van der Waals surface area contributed by atoms with E-state index in [1.807, 2.05) is 0 Å². The second kappa shape index (κ2) is 3.39. The highest BCUT2D eigenvalue weighted by Gasteiger charge is 2.75. The van der Waals surface area contributed by atoms with E-state index in [2.05, 4.69) is 0 Å². The van der Waals surface area contributed by atoms with Gasteiger partial charge in [-0.2, -0.15) is 0 Å². The molecule has 4 aliphatic rings. The number of alkyl halides is 4. The zero-order valence-electron chi connectivity index (χ0n) is 9.84. The Morgan fingerprint density at radius 1 is 1.22 bits per heavy atom. The zero-order valence-corrected chi connectivity index (χ0v) is 9.84. The van der Waals surface area contributed by atoms with E-state index in [4.69, 9.17) is 4.74 Å². The van der Waals surface area contributed by atoms with Crippen LogP contribution >= 0.6 is 0 Å². The number of rotatable bonds is 1. The summed E-state index contributed by atoms with van der Waals surface area (Å²) in [4.78, 5) is 11.0. The van der Waals surface area contributed by atoms with Crippen LogP contribution in [0.3, 0.4) is 0 Å². The Balaban J connectivity index is 2.02. The molecule has 4 aliphatic carbocycles. The van der Waals surface area contributed by atoms with Gasteiger partial charge in [0.05, 0.1) is 0 Å². The molecule has 0 N–H and O–H groups in total. The SMILES string of the molecule is CC(=O)OC12CC3CC(F)(C(F)C(C1)C3F)C2F. The lowest BCUT2D eigenvalue weighted by Gasteiger charge is -2.61. The van der Waals surface area contributed by atoms with E-state index in [0.717, 1.165) is 6.92 Å². The van der Waals surface area contributed by atoms with Crippen molar-refractivity contribution in [3.05, 3.63) is 0 Å². The highest BCUT2D eigenvalue weighted by atomic mass is 19.2. The molecule has 0 aromatic heterocycles. The van der Waals surface area contributed by atoms with Crippen LogP contribution in [-0.4, -0.2) is 35.8 Å². The van der Waals surface area contributed by atoms with Crippen LogP contribution in [0.4, 0.5) is 17.6 Å². The molecular formula is C12H14F4O2. The van der Waals surface area contributed by atoms with Gasteiger partial charge in [-0.15, -0.1) is 0 Å². The van der Waals surface area contributed by atoms with Gasteiger partial charge >= 0.3 is 5.97 Å². The molecule has 4 saturated carbocycles. The summed E-state index contributed by atoms with van der Waals surface area (Å²) < 4.78 is 61.4. The Morgan fingerprint density at radius 3 is 2.50 bits per heavy atom. The van der Waals surface area contributed by atoms with Gasteiger partial charge in [0.15, 0.2) is 11.8 Å². The highest BCUT2D eigenvalue weighted by molar-refractivity contribution is 5.67. The molecule has 4 bridgehead atoms. The highest BCUT2D eigenvalue weighted by Crippen LogP contribution is 2.63. The number of hydrogen-bond acceptors (Lipinski definition) is 2. The summed E-state index contributed by atoms with van der Waals surface area (Å²) in [6.45, 7) is 1.09. The molecule has 0 aliphatic heterocycles. The van der Waals surface area contributed by atoms with Gasteiger partial charge in [-0.05, 0) is 25.2 Å². The topological polar surface area (TPSA) is 26.3 Å². The van der Waals surface area contributed by atoms with Crippen LogP contribution in [0.1, 0.15) is 26.2 Å². The molecule has 7 atom stereocenters. The Kier molecular flexibility index (Phi) is 2.31. The number of carbonyl (C=O) groups excluding carboxylic acids is 1. The quantitative estimate of drug-likeness (QED) is 0.538. The molecular weight excluding hydrogens is 252 g/mol. The molecule has 7 unspecified atom stereocenters. The fourth-order valence-corrected chi connectivity index (χ4v) is 4.13. The summed E-state index contributed by atoms with van der Waals surface area (Å²) in [6.07, 6.45) is -6.61. The lowest BCUT2D eigenvalue weighted by Crippen LogP contribution is -2.74. The van der Waals surface area contributed by atoms with Gasteiger partial charge in [0.2, 0.25) is 0 Å². The molecule has 4 fully saturated rings. The molecule has 0 amide bonds. The molecule has 0 aromatic rings. The second-order valence-corrected chi connectivity index (χ2v) is 5.83. The maximum Gasteiger partial charge on any atom is 0.303 e. The van der Waals surface area contributed by atoms with Crippen molar-refractivity contribution in [1.29, 1.82) is 0 Å². The van der Waals surface area contributed by atoms with E-state index in [9.17, 15) is 22.4 Å². The van der Waals surface area contributed by atoms with Crippen molar-refractivity contribution in [3.63, 3.8) is 0 Å². The van der Waals surface area contributed by atoms with Crippen LogP contribution in [0.25, 0.3) is 0 Å². The molecule has 0 spiro atoms. The van der Waals surface area contributed by atoms with Crippen LogP contribution in [0.2, 0.25) is 0 Å². The fourth-order valence-electron chi connectivity index (χ4n) is 4.13. The van der Waals surface area contributed by atoms with Gasteiger partial charge < -0.3 is 4.74 Å². The van der Waals surface area contributed by atoms with E-state index >= 15 is 0 Å². The van der Waals surface area contributed by atoms with Crippen molar-refractivity contribution in [1.82, 2.24) is 0 Å². The minimum atomic E-state index is -2.70. The molecule has 0 radical (unpaired) electrons. The molecule has 102 valence electrons. The molecule has 0 aromatic carbocycles. The lowest BCUT2D eigenvalue weighted by atomic mass is 9.50. The van der Waals surface area contributed by atoms with E-state index in [-0.39, 0.29) is 12.8 Å². The van der Waals surface area contributed by atoms with Crippen LogP contribution in [0.15, 0.2) is 0 Å². The third-order valence-corrected chi connectivity index (χ3v) is 4.69. The van der Waals surface area contributed by atoms with E-state index in [0.29, 0.717) is 0 Å². The van der Waals surface area contributed by atoms with Crippen molar-refractivity contribution in [3.8, 4) is 0 Å². The smallest absolute Gasteiger partial charge is 0.303 e. The number of carbonyl (C=O) groups is 1. The Hall–Kier alpha value is -0.810. The van der Waals surface area contributed by atoms with Crippen LogP contribution < -0.4 is 0 Å². The van der Waals surface area contributed by atoms with Gasteiger partial charge in [-0.3, -0.25) is 4.79 Å². The van der Waals surface area contributed by atoms with Crippen molar-refractivity contribution in [2.75, 3.05) is 0 Å². The van der Waals surface area contributed by atoms with Crippen LogP contribution in [0, 0.1) is 11.8 Å². The lowest BCUT2D eigenvalue weighted by molar-refractivity contribution is -0.276. The average molecular weight is 266 g/mol. The van der Waals surface area contributed by atoms with Crippen molar-refractivity contribution in [2.24, 2.45) is 11.8 Å². The Bertz CT molecular complexity index is 404. The van der Waals surface area contributed by atoms with Crippen molar-refractivity contribution >= 4 is 5.97 Å². The van der Waals surface area contributed by atoms with E-state index in [1.165, 1.54) is 0 Å². The zero-order chi connectivity index (χ0) is 13.3. The molecule has 0 heterocycles. The number of esters is 1. The first-order valence-corrected chi connectivity index (χ1v) is 6.11. The monoisotopic (exact) mass is 266 g/mol. The van der Waals surface area contributed by atoms with E-state index < -0.39 is 54.0 Å². The Morgan fingerprint density at radius 2 is 1.89 bits per heavy atom. The first-order chi connectivity index (χ1) is 8.30. The average Bonchev–Trinajstić information content (AvgIpc) is 2.27. The van der Waals surface area contributed by atoms with Crippen LogP contribution in [-0.2, 0) is 9.53 Å². The predicted octanol–water partition coefficient (Wildman–Crippen LogP) is 2.45. The minimum Gasteiger partial charge on any atom is -0.456 e. The summed E-state index contributed by atoms with van der Waals surface area (Å²) >= 11 is 0. The normalized spacial score (nSPS) is 57.7. The first-order valence-electron chi connectivity index (χ1n) is 6.11. The third-order valence-electron chi connectivity index (χ3n) is 4.69. The van der Waals surface area contributed by atoms with E-state index in [1.54, 1.807) is 0 Å². The number of ether oxygens (including phenoxy) is 1. The third kappa shape index (κ3) is 1.26. The molecule has 0 saturated heterocycles. The summed E-state index contributed by atoms with van der Waals surface area (Å²) in [5, 5.41) is 0. The molecule has 18 heavy (non-hydrogen) atoms. The largest absolute Gasteiger partial charge is 0.456 e. The van der Waals surface area contributed by atoms with Gasteiger partial charge in [0.1, 0.15) is 17.9 Å². The van der Waals surface area contributed by atoms with Crippen molar-refractivity contribution < 1.29 is 27.1 Å². The van der Waals surface area contributed by atoms with Crippen LogP contribution in [0.5, 0.6) is 0 Å². The summed E-state index contributed by atoms with van der Waals surface area (Å²) in [5.41, 5.74) is -4.37. The predicted molar refractivity (Wildman–Crippen MR) is 53.9 cm³/mol. The summed E-state index contributed by atoms with van der Waals surface area (Å²) in [7, 11) is 0. The summed E-state index contributed by atoms with van der Waals surface area (Å²) in [6, 6.07) is 0. The number of halogens is 4. The first kappa shape index (κ1) is 12.2. The van der Waals surface area contributed by atoms with Gasteiger partial charge in [-0.1, -0.05) is 0 Å². The maximum absolute atomic E-state index is 14.4. The minimum absolute atomic E-state index is 0.0518. The van der Waals surface area contributed by atoms with Gasteiger partial charge in [0.25, 0.3) is 0 Å². The molecule has 2 nitrogen and oxygen atoms in total. The standard InChI is InChI=1S/C12H14F4O2/c1-5(17)18-11-2-6-3-12(16,10(11)15)9(14)7(4-11)8(6)13/h6-10H,2-4H2,1H3. The molecule has 6 heteroatoms. The van der Waals surface area contributed by atoms with Crippen molar-refractivity contribution in [2.45, 2.75) is 56.0 Å².